The molecule has 6 atom stereocenters. The Kier molecular flexibility index (Phi) is 54.4. The number of carbonyl (C=O) groups is 4. The van der Waals surface area contributed by atoms with Crippen molar-refractivity contribution in [2.45, 2.75) is 340 Å². The predicted molar refractivity (Wildman–Crippen MR) is 340 cm³/mol. The molecule has 0 saturated carbocycles. The van der Waals surface area contributed by atoms with Crippen molar-refractivity contribution in [2.75, 3.05) is 13.2 Å². The van der Waals surface area contributed by atoms with Crippen LogP contribution in [0.3, 0.4) is 0 Å². The molecule has 0 aliphatic carbocycles. The summed E-state index contributed by atoms with van der Waals surface area (Å²) in [5, 5.41) is 31.6. The molecule has 12 heteroatoms. The minimum Gasteiger partial charge on any atom is -0.479 e. The van der Waals surface area contributed by atoms with E-state index in [1.807, 2.05) is 12.2 Å². The van der Waals surface area contributed by atoms with Crippen LogP contribution in [0.15, 0.2) is 72.9 Å². The fourth-order valence-electron chi connectivity index (χ4n) is 10.1. The highest BCUT2D eigenvalue weighted by Gasteiger charge is 2.50. The first-order valence-corrected chi connectivity index (χ1v) is 33.9. The van der Waals surface area contributed by atoms with Crippen molar-refractivity contribution in [3.63, 3.8) is 0 Å². The van der Waals surface area contributed by atoms with Gasteiger partial charge in [-0.2, -0.15) is 0 Å². The highest BCUT2D eigenvalue weighted by molar-refractivity contribution is 5.74. The lowest BCUT2D eigenvalue weighted by atomic mass is 9.98. The van der Waals surface area contributed by atoms with Crippen LogP contribution in [-0.4, -0.2) is 89.2 Å². The predicted octanol–water partition coefficient (Wildman–Crippen LogP) is 18.5. The van der Waals surface area contributed by atoms with Crippen molar-refractivity contribution in [1.29, 1.82) is 0 Å². The largest absolute Gasteiger partial charge is 0.479 e. The number of unbranched alkanes of at least 4 members (excludes halogenated alkanes) is 33. The molecule has 3 N–H and O–H groups in total. The molecule has 1 saturated heterocycles. The van der Waals surface area contributed by atoms with Crippen LogP contribution >= 0.6 is 0 Å². The molecular formula is C71H122O12. The fraction of sp³-hybridized carbons (Fsp3) is 0.775. The number of ether oxygens (including phenoxy) is 5. The molecule has 12 nitrogen and oxygen atoms in total. The van der Waals surface area contributed by atoms with Crippen LogP contribution in [0.25, 0.3) is 0 Å². The maximum Gasteiger partial charge on any atom is 0.335 e. The molecule has 478 valence electrons. The Balaban J connectivity index is 2.66. The SMILES string of the molecule is CC/C=C\C/C=C\C/C=C\C/C=C\C/C=C\CC(=O)OC(COC(=O)CCCCCCCCCCCCCCCCCCCCC)COC1OC(C(=O)O)C(O)C(O)C1OC(=O)CCCCCCCCCCC/C=C\CCCCCCCC. The number of aliphatic carboxylic acids is 1. The van der Waals surface area contributed by atoms with Crippen molar-refractivity contribution in [1.82, 2.24) is 0 Å². The Hall–Kier alpha value is -3.84. The summed E-state index contributed by atoms with van der Waals surface area (Å²) in [6.07, 6.45) is 63.2. The number of hydrogen-bond acceptors (Lipinski definition) is 11. The third-order valence-corrected chi connectivity index (χ3v) is 15.3. The van der Waals surface area contributed by atoms with Gasteiger partial charge in [0, 0.05) is 12.8 Å². The average molecular weight is 1170 g/mol. The Morgan fingerprint density at radius 3 is 1.20 bits per heavy atom. The lowest BCUT2D eigenvalue weighted by molar-refractivity contribution is -0.301. The molecule has 0 bridgehead atoms. The number of esters is 3. The van der Waals surface area contributed by atoms with Crippen molar-refractivity contribution < 1.29 is 58.2 Å². The zero-order valence-corrected chi connectivity index (χ0v) is 52.9. The van der Waals surface area contributed by atoms with E-state index in [0.717, 1.165) is 77.0 Å². The Labute approximate surface area is 506 Å². The first-order chi connectivity index (χ1) is 40.6. The first-order valence-electron chi connectivity index (χ1n) is 33.9. The molecule has 0 amide bonds. The Morgan fingerprint density at radius 1 is 0.422 bits per heavy atom. The summed E-state index contributed by atoms with van der Waals surface area (Å²) >= 11 is 0. The van der Waals surface area contributed by atoms with Gasteiger partial charge in [-0.3, -0.25) is 14.4 Å². The van der Waals surface area contributed by atoms with Crippen LogP contribution in [0.4, 0.5) is 0 Å². The molecule has 1 heterocycles. The third-order valence-electron chi connectivity index (χ3n) is 15.3. The number of carboxylic acids is 1. The van der Waals surface area contributed by atoms with Crippen molar-refractivity contribution >= 4 is 23.9 Å². The molecule has 6 unspecified atom stereocenters. The molecule has 1 aliphatic heterocycles. The van der Waals surface area contributed by atoms with Crippen LogP contribution in [0.5, 0.6) is 0 Å². The van der Waals surface area contributed by atoms with Crippen LogP contribution in [0.1, 0.15) is 303 Å². The second-order valence-electron chi connectivity index (χ2n) is 23.1. The van der Waals surface area contributed by atoms with Gasteiger partial charge in [-0.15, -0.1) is 0 Å². The van der Waals surface area contributed by atoms with Crippen molar-refractivity contribution in [2.24, 2.45) is 0 Å². The van der Waals surface area contributed by atoms with Gasteiger partial charge in [-0.1, -0.05) is 286 Å². The number of rotatable bonds is 58. The molecule has 0 aromatic rings. The van der Waals surface area contributed by atoms with Gasteiger partial charge in [0.05, 0.1) is 13.0 Å². The van der Waals surface area contributed by atoms with Gasteiger partial charge in [-0.05, 0) is 70.6 Å². The Morgan fingerprint density at radius 2 is 0.795 bits per heavy atom. The van der Waals surface area contributed by atoms with Gasteiger partial charge in [-0.25, -0.2) is 4.79 Å². The topological polar surface area (TPSA) is 175 Å². The van der Waals surface area contributed by atoms with Crippen LogP contribution in [-0.2, 0) is 42.9 Å². The van der Waals surface area contributed by atoms with E-state index in [1.54, 1.807) is 6.08 Å². The van der Waals surface area contributed by atoms with E-state index in [1.165, 1.54) is 167 Å². The number of carbonyl (C=O) groups excluding carboxylic acids is 3. The second-order valence-corrected chi connectivity index (χ2v) is 23.1. The van der Waals surface area contributed by atoms with E-state index in [0.29, 0.717) is 19.3 Å². The van der Waals surface area contributed by atoms with Crippen molar-refractivity contribution in [3.8, 4) is 0 Å². The van der Waals surface area contributed by atoms with Gasteiger partial charge in [0.25, 0.3) is 0 Å². The average Bonchev–Trinajstić information content (AvgIpc) is 3.60. The number of aliphatic hydroxyl groups is 2. The molecule has 0 spiro atoms. The third kappa shape index (κ3) is 48.0. The highest BCUT2D eigenvalue weighted by Crippen LogP contribution is 2.27. The van der Waals surface area contributed by atoms with Crippen LogP contribution in [0.2, 0.25) is 0 Å². The standard InChI is InChI=1S/C71H122O12/c1-4-7-10-13-16-19-22-25-28-30-32-34-37-39-42-45-48-51-54-57-63(72)79-60-62(81-64(73)58-55-52-49-46-43-40-36-27-24-21-18-15-12-9-6-3)61-80-71-69(67(76)66(75)68(83-71)70(77)78)82-65(74)59-56-53-50-47-44-41-38-35-33-31-29-26-23-20-17-14-11-8-5-2/h9,12,18,21,26-27,29,36,43,46,52,55,62,66-69,71,75-76H,4-8,10-11,13-17,19-20,22-25,28,30-35,37-42,44-45,47-51,53-54,56-61H2,1-3H3,(H,77,78)/b12-9-,21-18-,29-26-,36-27-,46-43-,55-52-. The van der Waals surface area contributed by atoms with Gasteiger partial charge >= 0.3 is 23.9 Å². The number of hydrogen-bond donors (Lipinski definition) is 3. The first kappa shape index (κ1) is 77.2. The molecule has 1 fully saturated rings. The lowest BCUT2D eigenvalue weighted by Crippen LogP contribution is -2.61. The second kappa shape index (κ2) is 58.5. The number of aliphatic hydroxyl groups excluding tert-OH is 2. The van der Waals surface area contributed by atoms with Crippen molar-refractivity contribution in [3.05, 3.63) is 72.9 Å². The molecule has 0 aromatic heterocycles. The summed E-state index contributed by atoms with van der Waals surface area (Å²) in [5.41, 5.74) is 0. The number of carboxylic acid groups (broad SMARTS) is 1. The monoisotopic (exact) mass is 1170 g/mol. The maximum absolute atomic E-state index is 13.1. The molecular weight excluding hydrogens is 1040 g/mol. The summed E-state index contributed by atoms with van der Waals surface area (Å²) in [7, 11) is 0. The lowest BCUT2D eigenvalue weighted by Gasteiger charge is -2.40. The molecule has 1 aliphatic rings. The maximum atomic E-state index is 13.1. The summed E-state index contributed by atoms with van der Waals surface area (Å²) < 4.78 is 28.4. The van der Waals surface area contributed by atoms with Crippen LogP contribution < -0.4 is 0 Å². The molecule has 0 aromatic carbocycles. The van der Waals surface area contributed by atoms with E-state index >= 15 is 0 Å². The van der Waals surface area contributed by atoms with Gasteiger partial charge < -0.3 is 39.0 Å². The molecule has 83 heavy (non-hydrogen) atoms. The Bertz CT molecular complexity index is 1720. The van der Waals surface area contributed by atoms with Crippen LogP contribution in [0, 0.1) is 0 Å². The highest BCUT2D eigenvalue weighted by atomic mass is 16.7. The molecule has 1 rings (SSSR count). The van der Waals surface area contributed by atoms with E-state index < -0.39 is 67.3 Å². The fourth-order valence-corrected chi connectivity index (χ4v) is 10.1. The summed E-state index contributed by atoms with van der Waals surface area (Å²) in [6, 6.07) is 0. The minimum atomic E-state index is -1.92. The normalized spacial score (nSPS) is 18.0. The smallest absolute Gasteiger partial charge is 0.335 e. The van der Waals surface area contributed by atoms with E-state index in [9.17, 15) is 34.5 Å². The van der Waals surface area contributed by atoms with E-state index in [-0.39, 0.29) is 25.9 Å². The zero-order valence-electron chi connectivity index (χ0n) is 52.9. The summed E-state index contributed by atoms with van der Waals surface area (Å²) in [5.74, 6) is -3.27. The number of allylic oxidation sites excluding steroid dienone is 11. The summed E-state index contributed by atoms with van der Waals surface area (Å²) in [6.45, 7) is 5.84. The zero-order chi connectivity index (χ0) is 60.3. The van der Waals surface area contributed by atoms with E-state index in [2.05, 4.69) is 75.5 Å². The van der Waals surface area contributed by atoms with Gasteiger partial charge in [0.2, 0.25) is 0 Å². The van der Waals surface area contributed by atoms with E-state index in [4.69, 9.17) is 23.7 Å². The van der Waals surface area contributed by atoms with Gasteiger partial charge in [0.1, 0.15) is 18.8 Å². The minimum absolute atomic E-state index is 0.0479. The quantitative estimate of drug-likeness (QED) is 0.0228. The summed E-state index contributed by atoms with van der Waals surface area (Å²) in [4.78, 5) is 51.3. The molecule has 0 radical (unpaired) electrons. The van der Waals surface area contributed by atoms with Gasteiger partial charge in [0.15, 0.2) is 24.6 Å².